The number of hydrogen-bond donors (Lipinski definition) is 2. The number of benzene rings is 2. The third-order valence-corrected chi connectivity index (χ3v) is 2.99. The Morgan fingerprint density at radius 1 is 1.00 bits per heavy atom. The fourth-order valence-electron chi connectivity index (χ4n) is 1.99. The number of rotatable bonds is 3. The molecule has 0 radical (unpaired) electrons. The maximum Gasteiger partial charge on any atom is 0.153 e. The Bertz CT molecular complexity index is 767. The maximum atomic E-state index is 7.36. The number of nitrogens with one attached hydrogen (secondary N) is 1. The zero-order valence-corrected chi connectivity index (χ0v) is 11.9. The molecular weight excluding hydrogens is 286 g/mol. The number of pyridine rings is 1. The normalized spacial score (nSPS) is 9.90. The maximum absolute atomic E-state index is 7.36. The Kier molecular flexibility index (Phi) is 4.40. The number of fused-ring (bicyclic) bond motifs is 1. The lowest BCUT2D eigenvalue weighted by Crippen LogP contribution is -2.10. The van der Waals surface area contributed by atoms with Crippen LogP contribution in [0.2, 0.25) is 0 Å². The molecule has 5 heteroatoms. The van der Waals surface area contributed by atoms with Crippen molar-refractivity contribution >= 4 is 29.1 Å². The summed E-state index contributed by atoms with van der Waals surface area (Å²) >= 11 is 0. The number of halogens is 1. The molecule has 0 unspecified atom stereocenters. The molecule has 0 aliphatic rings. The van der Waals surface area contributed by atoms with Gasteiger partial charge in [0.1, 0.15) is 17.1 Å². The molecule has 21 heavy (non-hydrogen) atoms. The molecule has 3 rings (SSSR count). The third-order valence-electron chi connectivity index (χ3n) is 2.99. The molecule has 1 aromatic heterocycles. The van der Waals surface area contributed by atoms with Gasteiger partial charge in [-0.05, 0) is 36.4 Å². The molecule has 1 heterocycles. The first-order valence-corrected chi connectivity index (χ1v) is 6.20. The van der Waals surface area contributed by atoms with E-state index in [1.54, 1.807) is 30.5 Å². The van der Waals surface area contributed by atoms with E-state index in [-0.39, 0.29) is 18.2 Å². The zero-order valence-electron chi connectivity index (χ0n) is 11.1. The Hall–Kier alpha value is -2.59. The number of ether oxygens (including phenoxy) is 1. The van der Waals surface area contributed by atoms with E-state index >= 15 is 0 Å². The van der Waals surface area contributed by atoms with E-state index in [1.165, 1.54) is 0 Å². The second-order valence-electron chi connectivity index (χ2n) is 4.37. The predicted octanol–water partition coefficient (Wildman–Crippen LogP) is 3.73. The second kappa shape index (κ2) is 6.24. The summed E-state index contributed by atoms with van der Waals surface area (Å²) < 4.78 is 5.85. The second-order valence-corrected chi connectivity index (χ2v) is 4.37. The smallest absolute Gasteiger partial charge is 0.153 e. The molecule has 0 aliphatic carbocycles. The predicted molar refractivity (Wildman–Crippen MR) is 86.5 cm³/mol. The summed E-state index contributed by atoms with van der Waals surface area (Å²) in [5.74, 6) is 1.44. The molecular formula is C16H14ClN3O. The minimum Gasteiger partial charge on any atom is -0.455 e. The van der Waals surface area contributed by atoms with E-state index in [0.717, 1.165) is 10.9 Å². The van der Waals surface area contributed by atoms with E-state index in [1.807, 2.05) is 30.3 Å². The van der Waals surface area contributed by atoms with Gasteiger partial charge in [-0.2, -0.15) is 0 Å². The van der Waals surface area contributed by atoms with Crippen LogP contribution in [0.25, 0.3) is 10.9 Å². The lowest BCUT2D eigenvalue weighted by molar-refractivity contribution is 0.487. The lowest BCUT2D eigenvalue weighted by Gasteiger charge is -2.08. The highest BCUT2D eigenvalue weighted by atomic mass is 35.5. The SMILES string of the molecule is Cl.N=C(N)c1ccc(Oc2cccc3cccnc23)cc1. The molecule has 0 amide bonds. The molecule has 0 spiro atoms. The standard InChI is InChI=1S/C16H13N3O.ClH/c17-16(18)12-6-8-13(9-7-12)20-14-5-1-3-11-4-2-10-19-15(11)14;/h1-10H,(H3,17,18);1H. The van der Waals surface area contributed by atoms with E-state index < -0.39 is 0 Å². The molecule has 4 nitrogen and oxygen atoms in total. The Morgan fingerprint density at radius 2 is 1.71 bits per heavy atom. The lowest BCUT2D eigenvalue weighted by atomic mass is 10.2. The van der Waals surface area contributed by atoms with E-state index in [9.17, 15) is 0 Å². The highest BCUT2D eigenvalue weighted by Crippen LogP contribution is 2.28. The van der Waals surface area contributed by atoms with Gasteiger partial charge in [-0.15, -0.1) is 12.4 Å². The highest BCUT2D eigenvalue weighted by Gasteiger charge is 2.04. The summed E-state index contributed by atoms with van der Waals surface area (Å²) in [5.41, 5.74) is 6.92. The largest absolute Gasteiger partial charge is 0.455 e. The minimum absolute atomic E-state index is 0. The van der Waals surface area contributed by atoms with Crippen LogP contribution in [0.4, 0.5) is 0 Å². The number of nitrogen functional groups attached to an aromatic ring is 1. The van der Waals surface area contributed by atoms with Crippen LogP contribution in [0, 0.1) is 5.41 Å². The number of nitrogens with two attached hydrogens (primary N) is 1. The van der Waals surface area contributed by atoms with Crippen molar-refractivity contribution < 1.29 is 4.74 Å². The van der Waals surface area contributed by atoms with Crippen LogP contribution in [0.3, 0.4) is 0 Å². The number of para-hydroxylation sites is 1. The quantitative estimate of drug-likeness (QED) is 0.572. The average molecular weight is 300 g/mol. The number of aromatic nitrogens is 1. The van der Waals surface area contributed by atoms with Gasteiger partial charge in [-0.25, -0.2) is 0 Å². The summed E-state index contributed by atoms with van der Waals surface area (Å²) in [4.78, 5) is 4.34. The highest BCUT2D eigenvalue weighted by molar-refractivity contribution is 5.95. The van der Waals surface area contributed by atoms with Gasteiger partial charge in [0.2, 0.25) is 0 Å². The van der Waals surface area contributed by atoms with Gasteiger partial charge in [-0.1, -0.05) is 18.2 Å². The van der Waals surface area contributed by atoms with Crippen LogP contribution in [0.15, 0.2) is 60.8 Å². The van der Waals surface area contributed by atoms with Gasteiger partial charge in [0.25, 0.3) is 0 Å². The first-order chi connectivity index (χ1) is 9.74. The van der Waals surface area contributed by atoms with Crippen molar-refractivity contribution in [2.24, 2.45) is 5.73 Å². The van der Waals surface area contributed by atoms with Crippen LogP contribution in [0.5, 0.6) is 11.5 Å². The van der Waals surface area contributed by atoms with Crippen LogP contribution in [0.1, 0.15) is 5.56 Å². The number of amidine groups is 1. The number of nitrogens with zero attached hydrogens (tertiary/aromatic N) is 1. The molecule has 0 saturated carbocycles. The van der Waals surface area contributed by atoms with Crippen molar-refractivity contribution in [2.75, 3.05) is 0 Å². The van der Waals surface area contributed by atoms with E-state index in [0.29, 0.717) is 17.1 Å². The molecule has 0 aliphatic heterocycles. The van der Waals surface area contributed by atoms with Gasteiger partial charge < -0.3 is 10.5 Å². The van der Waals surface area contributed by atoms with Gasteiger partial charge in [0.15, 0.2) is 5.75 Å². The first-order valence-electron chi connectivity index (χ1n) is 6.20. The van der Waals surface area contributed by atoms with Gasteiger partial charge in [0, 0.05) is 17.1 Å². The van der Waals surface area contributed by atoms with Crippen molar-refractivity contribution in [3.05, 3.63) is 66.4 Å². The minimum atomic E-state index is 0. The van der Waals surface area contributed by atoms with Gasteiger partial charge in [-0.3, -0.25) is 10.4 Å². The van der Waals surface area contributed by atoms with Gasteiger partial charge >= 0.3 is 0 Å². The fourth-order valence-corrected chi connectivity index (χ4v) is 1.99. The third kappa shape index (κ3) is 3.12. The van der Waals surface area contributed by atoms with E-state index in [4.69, 9.17) is 15.9 Å². The van der Waals surface area contributed by atoms with Crippen molar-refractivity contribution in [2.45, 2.75) is 0 Å². The Labute approximate surface area is 128 Å². The van der Waals surface area contributed by atoms with E-state index in [2.05, 4.69) is 4.98 Å². The van der Waals surface area contributed by atoms with Gasteiger partial charge in [0.05, 0.1) is 0 Å². The summed E-state index contributed by atoms with van der Waals surface area (Å²) in [6, 6.07) is 16.8. The molecule has 106 valence electrons. The van der Waals surface area contributed by atoms with Crippen molar-refractivity contribution in [1.29, 1.82) is 5.41 Å². The van der Waals surface area contributed by atoms with Crippen molar-refractivity contribution in [1.82, 2.24) is 4.98 Å². The van der Waals surface area contributed by atoms with Crippen molar-refractivity contribution in [3.8, 4) is 11.5 Å². The Morgan fingerprint density at radius 3 is 2.43 bits per heavy atom. The Balaban J connectivity index is 0.00000161. The fraction of sp³-hybridized carbons (Fsp3) is 0. The molecule has 0 fully saturated rings. The monoisotopic (exact) mass is 299 g/mol. The van der Waals surface area contributed by atoms with Crippen LogP contribution < -0.4 is 10.5 Å². The van der Waals surface area contributed by atoms with Crippen LogP contribution in [-0.2, 0) is 0 Å². The molecule has 3 N–H and O–H groups in total. The van der Waals surface area contributed by atoms with Crippen LogP contribution in [-0.4, -0.2) is 10.8 Å². The molecule has 2 aromatic carbocycles. The molecule has 0 saturated heterocycles. The molecule has 0 atom stereocenters. The summed E-state index contributed by atoms with van der Waals surface area (Å²) in [7, 11) is 0. The van der Waals surface area contributed by atoms with Crippen LogP contribution >= 0.6 is 12.4 Å². The molecule has 0 bridgehead atoms. The van der Waals surface area contributed by atoms with Crippen molar-refractivity contribution in [3.63, 3.8) is 0 Å². The number of hydrogen-bond acceptors (Lipinski definition) is 3. The average Bonchev–Trinajstić information content (AvgIpc) is 2.48. The first kappa shape index (κ1) is 14.8. The summed E-state index contributed by atoms with van der Waals surface area (Å²) in [6.45, 7) is 0. The summed E-state index contributed by atoms with van der Waals surface area (Å²) in [5, 5.41) is 8.39. The molecule has 3 aromatic rings. The summed E-state index contributed by atoms with van der Waals surface area (Å²) in [6.07, 6.45) is 1.74. The topological polar surface area (TPSA) is 72.0 Å². The zero-order chi connectivity index (χ0) is 13.9.